The monoisotopic (exact) mass is 178 g/mol. The summed E-state index contributed by atoms with van der Waals surface area (Å²) in [4.78, 5) is 14.5. The number of carbonyl (C=O) groups excluding carboxylic acids is 1. The van der Waals surface area contributed by atoms with Gasteiger partial charge in [0.25, 0.3) is 0 Å². The molecular weight excluding hydrogens is 168 g/mol. The van der Waals surface area contributed by atoms with E-state index >= 15 is 0 Å². The second-order valence-corrected chi connectivity index (χ2v) is 3.11. The third-order valence-corrected chi connectivity index (χ3v) is 1.97. The van der Waals surface area contributed by atoms with Crippen LogP contribution in [-0.4, -0.2) is 11.1 Å². The van der Waals surface area contributed by atoms with E-state index in [0.29, 0.717) is 11.7 Å². The van der Waals surface area contributed by atoms with Gasteiger partial charge in [-0.3, -0.25) is 4.98 Å². The lowest BCUT2D eigenvalue weighted by molar-refractivity contribution is 0.210. The average Bonchev–Trinajstić information content (AvgIpc) is 2.87. The second kappa shape index (κ2) is 3.05. The minimum Gasteiger partial charge on any atom is -0.409 e. The van der Waals surface area contributed by atoms with Gasteiger partial charge >= 0.3 is 6.09 Å². The molecular formula is C9H10N2O2. The number of ether oxygens (including phenoxy) is 1. The highest BCUT2D eigenvalue weighted by molar-refractivity contribution is 5.67. The summed E-state index contributed by atoms with van der Waals surface area (Å²) < 4.78 is 4.65. The SMILES string of the molecule is NC(=O)Oc1ccc(C2CC2)nc1. The van der Waals surface area contributed by atoms with Gasteiger partial charge < -0.3 is 10.5 Å². The first-order valence-electron chi connectivity index (χ1n) is 4.19. The molecule has 0 spiro atoms. The largest absolute Gasteiger partial charge is 0.410 e. The Morgan fingerprint density at radius 3 is 2.77 bits per heavy atom. The number of hydrogen-bond acceptors (Lipinski definition) is 3. The van der Waals surface area contributed by atoms with Crippen molar-refractivity contribution < 1.29 is 9.53 Å². The molecule has 0 atom stereocenters. The van der Waals surface area contributed by atoms with Crippen molar-refractivity contribution in [2.75, 3.05) is 0 Å². The zero-order chi connectivity index (χ0) is 9.26. The number of carbonyl (C=O) groups is 1. The van der Waals surface area contributed by atoms with Crippen molar-refractivity contribution in [3.63, 3.8) is 0 Å². The van der Waals surface area contributed by atoms with Crippen LogP contribution in [0.25, 0.3) is 0 Å². The fraction of sp³-hybridized carbons (Fsp3) is 0.333. The molecule has 13 heavy (non-hydrogen) atoms. The van der Waals surface area contributed by atoms with Crippen molar-refractivity contribution in [3.8, 4) is 5.75 Å². The highest BCUT2D eigenvalue weighted by Gasteiger charge is 2.24. The molecule has 1 aliphatic rings. The normalized spacial score (nSPS) is 15.4. The van der Waals surface area contributed by atoms with Gasteiger partial charge in [-0.05, 0) is 25.0 Å². The molecule has 1 amide bonds. The fourth-order valence-electron chi connectivity index (χ4n) is 1.19. The van der Waals surface area contributed by atoms with Crippen LogP contribution in [0.3, 0.4) is 0 Å². The average molecular weight is 178 g/mol. The molecule has 1 fully saturated rings. The predicted molar refractivity (Wildman–Crippen MR) is 46.4 cm³/mol. The van der Waals surface area contributed by atoms with E-state index in [2.05, 4.69) is 9.72 Å². The third-order valence-electron chi connectivity index (χ3n) is 1.97. The number of amides is 1. The van der Waals surface area contributed by atoms with Crippen LogP contribution in [0, 0.1) is 0 Å². The lowest BCUT2D eigenvalue weighted by atomic mass is 10.2. The molecule has 0 radical (unpaired) electrons. The summed E-state index contributed by atoms with van der Waals surface area (Å²) in [6.07, 6.45) is 3.14. The summed E-state index contributed by atoms with van der Waals surface area (Å²) in [7, 11) is 0. The van der Waals surface area contributed by atoms with Gasteiger partial charge in [-0.2, -0.15) is 0 Å². The molecule has 1 heterocycles. The molecule has 1 aliphatic carbocycles. The summed E-state index contributed by atoms with van der Waals surface area (Å²) in [6.45, 7) is 0. The number of nitrogens with zero attached hydrogens (tertiary/aromatic N) is 1. The molecule has 0 aromatic carbocycles. The summed E-state index contributed by atoms with van der Waals surface area (Å²) >= 11 is 0. The number of aromatic nitrogens is 1. The third kappa shape index (κ3) is 1.96. The van der Waals surface area contributed by atoms with E-state index in [-0.39, 0.29) is 0 Å². The smallest absolute Gasteiger partial charge is 0.409 e. The van der Waals surface area contributed by atoms with Crippen LogP contribution >= 0.6 is 0 Å². The van der Waals surface area contributed by atoms with Crippen LogP contribution in [0.4, 0.5) is 4.79 Å². The number of rotatable bonds is 2. The molecule has 1 aromatic heterocycles. The Bertz CT molecular complexity index is 317. The van der Waals surface area contributed by atoms with Crippen LogP contribution < -0.4 is 10.5 Å². The van der Waals surface area contributed by atoms with Crippen molar-refractivity contribution in [2.45, 2.75) is 18.8 Å². The van der Waals surface area contributed by atoms with E-state index in [4.69, 9.17) is 5.73 Å². The summed E-state index contributed by atoms with van der Waals surface area (Å²) in [5.41, 5.74) is 5.91. The Labute approximate surface area is 75.7 Å². The molecule has 0 unspecified atom stereocenters. The standard InChI is InChI=1S/C9H10N2O2/c10-9(12)13-7-3-4-8(11-5-7)6-1-2-6/h3-6H,1-2H2,(H2,10,12). The second-order valence-electron chi connectivity index (χ2n) is 3.11. The van der Waals surface area contributed by atoms with Gasteiger partial charge in [0.1, 0.15) is 0 Å². The van der Waals surface area contributed by atoms with Gasteiger partial charge in [-0.25, -0.2) is 4.79 Å². The fourth-order valence-corrected chi connectivity index (χ4v) is 1.19. The van der Waals surface area contributed by atoms with Gasteiger partial charge in [0.05, 0.1) is 6.20 Å². The van der Waals surface area contributed by atoms with Crippen LogP contribution in [0.5, 0.6) is 5.75 Å². The van der Waals surface area contributed by atoms with E-state index in [9.17, 15) is 4.79 Å². The maximum atomic E-state index is 10.4. The Balaban J connectivity index is 2.08. The van der Waals surface area contributed by atoms with Crippen LogP contribution in [0.2, 0.25) is 0 Å². The number of pyridine rings is 1. The zero-order valence-electron chi connectivity index (χ0n) is 7.06. The van der Waals surface area contributed by atoms with E-state index in [1.54, 1.807) is 6.07 Å². The number of nitrogens with two attached hydrogens (primary N) is 1. The molecule has 1 aromatic rings. The minimum atomic E-state index is -0.805. The molecule has 0 aliphatic heterocycles. The Morgan fingerprint density at radius 2 is 2.31 bits per heavy atom. The van der Waals surface area contributed by atoms with Crippen LogP contribution in [0.15, 0.2) is 18.3 Å². The summed E-state index contributed by atoms with van der Waals surface area (Å²) in [6, 6.07) is 3.58. The van der Waals surface area contributed by atoms with Crippen molar-refractivity contribution >= 4 is 6.09 Å². The maximum Gasteiger partial charge on any atom is 0.410 e. The van der Waals surface area contributed by atoms with Gasteiger partial charge in [0.2, 0.25) is 0 Å². The van der Waals surface area contributed by atoms with Gasteiger partial charge in [-0.1, -0.05) is 0 Å². The molecule has 0 bridgehead atoms. The quantitative estimate of drug-likeness (QED) is 0.744. The first kappa shape index (κ1) is 8.04. The highest BCUT2D eigenvalue weighted by Crippen LogP contribution is 2.38. The molecule has 1 saturated carbocycles. The summed E-state index contributed by atoms with van der Waals surface area (Å²) in [5, 5.41) is 0. The molecule has 2 N–H and O–H groups in total. The zero-order valence-corrected chi connectivity index (χ0v) is 7.06. The predicted octanol–water partition coefficient (Wildman–Crippen LogP) is 1.42. The van der Waals surface area contributed by atoms with Crippen molar-refractivity contribution in [1.29, 1.82) is 0 Å². The van der Waals surface area contributed by atoms with E-state index in [0.717, 1.165) is 5.69 Å². The molecule has 4 nitrogen and oxygen atoms in total. The van der Waals surface area contributed by atoms with Crippen molar-refractivity contribution in [2.24, 2.45) is 5.73 Å². The van der Waals surface area contributed by atoms with Crippen LogP contribution in [-0.2, 0) is 0 Å². The minimum absolute atomic E-state index is 0.400. The van der Waals surface area contributed by atoms with Crippen molar-refractivity contribution in [1.82, 2.24) is 4.98 Å². The highest BCUT2D eigenvalue weighted by atomic mass is 16.5. The lowest BCUT2D eigenvalue weighted by Gasteiger charge is -2.00. The molecule has 4 heteroatoms. The Morgan fingerprint density at radius 1 is 1.54 bits per heavy atom. The van der Waals surface area contributed by atoms with Crippen LogP contribution in [0.1, 0.15) is 24.5 Å². The van der Waals surface area contributed by atoms with Gasteiger partial charge in [-0.15, -0.1) is 0 Å². The topological polar surface area (TPSA) is 65.2 Å². The summed E-state index contributed by atoms with van der Waals surface area (Å²) in [5.74, 6) is 1.01. The van der Waals surface area contributed by atoms with Crippen molar-refractivity contribution in [3.05, 3.63) is 24.0 Å². The molecule has 2 rings (SSSR count). The molecule has 68 valence electrons. The number of primary amides is 1. The first-order valence-corrected chi connectivity index (χ1v) is 4.19. The van der Waals surface area contributed by atoms with Gasteiger partial charge in [0.15, 0.2) is 5.75 Å². The molecule has 0 saturated heterocycles. The number of hydrogen-bond donors (Lipinski definition) is 1. The maximum absolute atomic E-state index is 10.4. The lowest BCUT2D eigenvalue weighted by Crippen LogP contribution is -2.16. The first-order chi connectivity index (χ1) is 6.25. The van der Waals surface area contributed by atoms with E-state index in [1.165, 1.54) is 19.0 Å². The van der Waals surface area contributed by atoms with Gasteiger partial charge in [0, 0.05) is 11.6 Å². The Kier molecular flexibility index (Phi) is 1.88. The van der Waals surface area contributed by atoms with E-state index < -0.39 is 6.09 Å². The Hall–Kier alpha value is -1.58. The van der Waals surface area contributed by atoms with E-state index in [1.807, 2.05) is 6.07 Å².